The number of halogens is 1. The zero-order valence-electron chi connectivity index (χ0n) is 16.7. The minimum atomic E-state index is 0.417. The van der Waals surface area contributed by atoms with Crippen LogP contribution in [0, 0.1) is 11.8 Å². The molecule has 2 N–H and O–H groups in total. The number of fused-ring (bicyclic) bond motifs is 1. The highest BCUT2D eigenvalue weighted by Gasteiger charge is 2.14. The molecule has 0 saturated heterocycles. The molecule has 5 nitrogen and oxygen atoms in total. The third-order valence-electron chi connectivity index (χ3n) is 4.58. The van der Waals surface area contributed by atoms with E-state index in [0.717, 1.165) is 44.4 Å². The van der Waals surface area contributed by atoms with E-state index in [0.29, 0.717) is 11.5 Å². The Bertz CT molecular complexity index is 1270. The molecule has 0 aliphatic heterocycles. The fourth-order valence-electron chi connectivity index (χ4n) is 3.14. The van der Waals surface area contributed by atoms with E-state index in [-0.39, 0.29) is 0 Å². The fourth-order valence-corrected chi connectivity index (χ4v) is 3.54. The number of hydrogen-bond acceptors (Lipinski definition) is 5. The number of benzene rings is 2. The molecule has 4 aromatic rings. The predicted octanol–water partition coefficient (Wildman–Crippen LogP) is 4.62. The molecule has 6 heteroatoms. The summed E-state index contributed by atoms with van der Waals surface area (Å²) in [7, 11) is 4.00. The van der Waals surface area contributed by atoms with Crippen molar-refractivity contribution < 1.29 is 0 Å². The lowest BCUT2D eigenvalue weighted by Gasteiger charge is -2.11. The molecule has 0 aliphatic carbocycles. The molecule has 2 aromatic heterocycles. The Balaban J connectivity index is 1.81. The van der Waals surface area contributed by atoms with Crippen LogP contribution in [0.2, 0.25) is 0 Å². The zero-order chi connectivity index (χ0) is 21.1. The van der Waals surface area contributed by atoms with Crippen molar-refractivity contribution in [1.29, 1.82) is 0 Å². The molecule has 148 valence electrons. The van der Waals surface area contributed by atoms with Crippen molar-refractivity contribution in [3.05, 3.63) is 71.0 Å². The number of aromatic nitrogens is 3. The molecule has 2 aromatic carbocycles. The average Bonchev–Trinajstić information content (AvgIpc) is 2.73. The molecule has 0 bridgehead atoms. The monoisotopic (exact) mass is 457 g/mol. The quantitative estimate of drug-likeness (QED) is 0.454. The second kappa shape index (κ2) is 8.62. The summed E-state index contributed by atoms with van der Waals surface area (Å²) in [5, 5.41) is 0.755. The summed E-state index contributed by atoms with van der Waals surface area (Å²) in [4.78, 5) is 15.3. The Morgan fingerprint density at radius 1 is 1.00 bits per heavy atom. The normalized spacial score (nSPS) is 10.8. The molecule has 0 saturated carbocycles. The second-order valence-electron chi connectivity index (χ2n) is 7.14. The van der Waals surface area contributed by atoms with Crippen LogP contribution in [0.25, 0.3) is 33.4 Å². The molecule has 0 fully saturated rings. The van der Waals surface area contributed by atoms with Gasteiger partial charge in [-0.1, -0.05) is 52.0 Å². The van der Waals surface area contributed by atoms with Gasteiger partial charge in [-0.15, -0.1) is 0 Å². The van der Waals surface area contributed by atoms with Gasteiger partial charge in [-0.2, -0.15) is 0 Å². The van der Waals surface area contributed by atoms with Crippen LogP contribution < -0.4 is 5.73 Å². The highest BCUT2D eigenvalue weighted by molar-refractivity contribution is 9.10. The third-order valence-corrected chi connectivity index (χ3v) is 5.07. The third kappa shape index (κ3) is 4.33. The number of pyridine rings is 1. The summed E-state index contributed by atoms with van der Waals surface area (Å²) in [6.45, 7) is 0.727. The number of nitrogen functional groups attached to an aromatic ring is 1. The van der Waals surface area contributed by atoms with Crippen LogP contribution in [0.1, 0.15) is 5.56 Å². The highest BCUT2D eigenvalue weighted by Crippen LogP contribution is 2.34. The number of anilines is 1. The first-order chi connectivity index (χ1) is 14.5. The van der Waals surface area contributed by atoms with Gasteiger partial charge >= 0.3 is 0 Å². The van der Waals surface area contributed by atoms with Crippen molar-refractivity contribution in [2.24, 2.45) is 0 Å². The van der Waals surface area contributed by atoms with Crippen LogP contribution in [0.4, 0.5) is 5.82 Å². The average molecular weight is 458 g/mol. The van der Waals surface area contributed by atoms with Gasteiger partial charge in [0.2, 0.25) is 0 Å². The Kier molecular flexibility index (Phi) is 5.75. The van der Waals surface area contributed by atoms with Gasteiger partial charge in [-0.3, -0.25) is 4.90 Å². The van der Waals surface area contributed by atoms with E-state index < -0.39 is 0 Å². The van der Waals surface area contributed by atoms with Crippen LogP contribution in [0.5, 0.6) is 0 Å². The molecule has 0 aliphatic rings. The summed E-state index contributed by atoms with van der Waals surface area (Å²) in [5.74, 6) is 6.75. The maximum Gasteiger partial charge on any atom is 0.165 e. The van der Waals surface area contributed by atoms with E-state index in [2.05, 4.69) is 43.8 Å². The first kappa shape index (κ1) is 20.0. The zero-order valence-corrected chi connectivity index (χ0v) is 18.3. The first-order valence-electron chi connectivity index (χ1n) is 9.42. The van der Waals surface area contributed by atoms with E-state index >= 15 is 0 Å². The Morgan fingerprint density at radius 3 is 2.53 bits per heavy atom. The minimum absolute atomic E-state index is 0.417. The number of nitrogens with zero attached hydrogens (tertiary/aromatic N) is 4. The van der Waals surface area contributed by atoms with E-state index in [9.17, 15) is 0 Å². The summed E-state index contributed by atoms with van der Waals surface area (Å²) >= 11 is 3.55. The lowest BCUT2D eigenvalue weighted by molar-refractivity contribution is 0.464. The van der Waals surface area contributed by atoms with Crippen LogP contribution in [0.15, 0.2) is 65.4 Å². The molecular formula is C24H20BrN5. The second-order valence-corrected chi connectivity index (χ2v) is 8.06. The molecular weight excluding hydrogens is 438 g/mol. The summed E-state index contributed by atoms with van der Waals surface area (Å²) in [6.07, 6.45) is 1.45. The largest absolute Gasteiger partial charge is 0.383 e. The van der Waals surface area contributed by atoms with E-state index in [4.69, 9.17) is 10.7 Å². The van der Waals surface area contributed by atoms with Crippen molar-refractivity contribution in [2.45, 2.75) is 0 Å². The van der Waals surface area contributed by atoms with Gasteiger partial charge in [0.25, 0.3) is 0 Å². The van der Waals surface area contributed by atoms with Crippen molar-refractivity contribution in [1.82, 2.24) is 19.9 Å². The lowest BCUT2D eigenvalue weighted by atomic mass is 9.99. The molecule has 0 atom stereocenters. The van der Waals surface area contributed by atoms with Gasteiger partial charge < -0.3 is 5.73 Å². The fraction of sp³-hybridized carbons (Fsp3) is 0.125. The highest BCUT2D eigenvalue weighted by atomic mass is 79.9. The van der Waals surface area contributed by atoms with Crippen molar-refractivity contribution in [3.63, 3.8) is 0 Å². The van der Waals surface area contributed by atoms with Crippen LogP contribution in [-0.4, -0.2) is 40.5 Å². The van der Waals surface area contributed by atoms with E-state index in [1.165, 1.54) is 6.33 Å². The molecule has 0 spiro atoms. The standard InChI is InChI=1S/C24H20BrN5/c1-30(2)12-4-5-16-8-10-17(11-9-16)21-14-20(18-6-3-7-19(25)13-18)22-23(26)27-15-28-24(22)29-21/h3,6-11,13-15H,12H2,1-2H3,(H2,26,27,28,29). The van der Waals surface area contributed by atoms with E-state index in [1.54, 1.807) is 0 Å². The smallest absolute Gasteiger partial charge is 0.165 e. The lowest BCUT2D eigenvalue weighted by Crippen LogP contribution is -2.10. The summed E-state index contributed by atoms with van der Waals surface area (Å²) in [6, 6.07) is 18.2. The molecule has 2 heterocycles. The Labute approximate surface area is 184 Å². The van der Waals surface area contributed by atoms with Gasteiger partial charge in [0, 0.05) is 15.6 Å². The number of hydrogen-bond donors (Lipinski definition) is 1. The molecule has 30 heavy (non-hydrogen) atoms. The van der Waals surface area contributed by atoms with E-state index in [1.807, 2.05) is 67.5 Å². The minimum Gasteiger partial charge on any atom is -0.383 e. The van der Waals surface area contributed by atoms with Gasteiger partial charge in [0.05, 0.1) is 17.6 Å². The first-order valence-corrected chi connectivity index (χ1v) is 10.2. The van der Waals surface area contributed by atoms with Crippen molar-refractivity contribution >= 4 is 32.8 Å². The summed E-state index contributed by atoms with van der Waals surface area (Å²) < 4.78 is 0.989. The molecule has 0 radical (unpaired) electrons. The molecule has 4 rings (SSSR count). The van der Waals surface area contributed by atoms with Crippen LogP contribution in [0.3, 0.4) is 0 Å². The van der Waals surface area contributed by atoms with Crippen molar-refractivity contribution in [3.8, 4) is 34.2 Å². The number of nitrogens with two attached hydrogens (primary N) is 1. The van der Waals surface area contributed by atoms with Crippen LogP contribution >= 0.6 is 15.9 Å². The predicted molar refractivity (Wildman–Crippen MR) is 126 cm³/mol. The maximum absolute atomic E-state index is 6.19. The SMILES string of the molecule is CN(C)CC#Cc1ccc(-c2cc(-c3cccc(Br)c3)c3c(N)ncnc3n2)cc1. The Hall–Kier alpha value is -3.27. The van der Waals surface area contributed by atoms with Gasteiger partial charge in [-0.05, 0) is 55.6 Å². The molecule has 0 unspecified atom stereocenters. The maximum atomic E-state index is 6.19. The van der Waals surface area contributed by atoms with Gasteiger partial charge in [0.15, 0.2) is 5.65 Å². The molecule has 0 amide bonds. The summed E-state index contributed by atoms with van der Waals surface area (Å²) in [5.41, 5.74) is 11.5. The number of rotatable bonds is 3. The Morgan fingerprint density at radius 2 is 1.80 bits per heavy atom. The van der Waals surface area contributed by atoms with Crippen molar-refractivity contribution in [2.75, 3.05) is 26.4 Å². The topological polar surface area (TPSA) is 67.9 Å². The van der Waals surface area contributed by atoms with Gasteiger partial charge in [0.1, 0.15) is 12.1 Å². The van der Waals surface area contributed by atoms with Crippen LogP contribution in [-0.2, 0) is 0 Å². The van der Waals surface area contributed by atoms with Gasteiger partial charge in [-0.25, -0.2) is 15.0 Å².